The van der Waals surface area contributed by atoms with Gasteiger partial charge in [-0.05, 0) is 90.9 Å². The van der Waals surface area contributed by atoms with Gasteiger partial charge in [0.1, 0.15) is 6.61 Å². The predicted octanol–water partition coefficient (Wildman–Crippen LogP) is 3.51. The smallest absolute Gasteiger partial charge is 0.293 e. The number of aryl methyl sites for hydroxylation is 1. The first-order chi connectivity index (χ1) is 20.4. The van der Waals surface area contributed by atoms with Crippen molar-refractivity contribution in [1.82, 2.24) is 35.6 Å². The van der Waals surface area contributed by atoms with Crippen LogP contribution in [0.5, 0.6) is 11.5 Å². The second-order valence-corrected chi connectivity index (χ2v) is 10.3. The fourth-order valence-corrected chi connectivity index (χ4v) is 4.70. The predicted molar refractivity (Wildman–Crippen MR) is 155 cm³/mol. The number of benzene rings is 2. The van der Waals surface area contributed by atoms with Crippen molar-refractivity contribution in [3.8, 4) is 17.3 Å². The number of nitrogens with one attached hydrogen (secondary N) is 1. The van der Waals surface area contributed by atoms with Gasteiger partial charge < -0.3 is 15.2 Å². The fraction of sp³-hybridized carbons (Fsp3) is 0.379. The van der Waals surface area contributed by atoms with Gasteiger partial charge in [-0.25, -0.2) is 10.1 Å². The van der Waals surface area contributed by atoms with Crippen LogP contribution < -0.4 is 20.6 Å². The number of aromatic nitrogens is 5. The van der Waals surface area contributed by atoms with E-state index in [0.29, 0.717) is 42.9 Å². The first-order valence-corrected chi connectivity index (χ1v) is 14.0. The first-order valence-electron chi connectivity index (χ1n) is 14.0. The zero-order chi connectivity index (χ0) is 29.5. The molecule has 0 spiro atoms. The van der Waals surface area contributed by atoms with Crippen LogP contribution in [-0.2, 0) is 13.2 Å². The number of rotatable bonds is 11. The molecule has 1 aliphatic rings. The lowest BCUT2D eigenvalue weighted by atomic mass is 9.99. The third kappa shape index (κ3) is 6.74. The van der Waals surface area contributed by atoms with E-state index in [1.165, 1.54) is 10.9 Å². The first kappa shape index (κ1) is 28.7. The summed E-state index contributed by atoms with van der Waals surface area (Å²) in [6.45, 7) is 9.31. The number of nitrogens with two attached hydrogens (primary N) is 1. The number of hydrogen-bond donors (Lipinski definition) is 2. The van der Waals surface area contributed by atoms with Crippen LogP contribution in [0.15, 0.2) is 52.2 Å². The van der Waals surface area contributed by atoms with Crippen LogP contribution in [0.1, 0.15) is 59.6 Å². The Morgan fingerprint density at radius 2 is 1.98 bits per heavy atom. The number of ether oxygens (including phenoxy) is 2. The van der Waals surface area contributed by atoms with Gasteiger partial charge in [0.15, 0.2) is 17.2 Å². The average molecular weight is 574 g/mol. The minimum Gasteiger partial charge on any atom is -0.490 e. The third-order valence-electron chi connectivity index (χ3n) is 7.22. The fourth-order valence-electron chi connectivity index (χ4n) is 4.70. The molecule has 3 N–H and O–H groups in total. The number of amides is 1. The van der Waals surface area contributed by atoms with E-state index in [9.17, 15) is 4.79 Å². The van der Waals surface area contributed by atoms with Gasteiger partial charge in [0.25, 0.3) is 5.91 Å². The van der Waals surface area contributed by atoms with Gasteiger partial charge in [-0.2, -0.15) is 9.78 Å². The highest BCUT2D eigenvalue weighted by molar-refractivity contribution is 5.94. The average Bonchev–Trinajstić information content (AvgIpc) is 3.60. The molecule has 4 aromatic rings. The molecule has 5 rings (SSSR count). The van der Waals surface area contributed by atoms with E-state index in [4.69, 9.17) is 19.8 Å². The van der Waals surface area contributed by atoms with Gasteiger partial charge >= 0.3 is 0 Å². The van der Waals surface area contributed by atoms with Gasteiger partial charge in [-0.3, -0.25) is 9.69 Å². The minimum atomic E-state index is -0.517. The maximum atomic E-state index is 13.2. The Bertz CT molecular complexity index is 1540. The van der Waals surface area contributed by atoms with E-state index in [1.807, 2.05) is 43.3 Å². The van der Waals surface area contributed by atoms with E-state index in [2.05, 4.69) is 56.0 Å². The van der Waals surface area contributed by atoms with Crippen LogP contribution in [0.3, 0.4) is 0 Å². The number of nitrogen functional groups attached to an aromatic ring is 1. The molecular formula is C29H35N9O4. The topological polar surface area (TPSA) is 159 Å². The number of carbonyl (C=O) groups is 1. The normalized spacial score (nSPS) is 14.4. The molecule has 1 fully saturated rings. The van der Waals surface area contributed by atoms with E-state index in [0.717, 1.165) is 42.6 Å². The molecule has 0 saturated carbocycles. The van der Waals surface area contributed by atoms with Gasteiger partial charge in [-0.15, -0.1) is 5.10 Å². The van der Waals surface area contributed by atoms with Crippen molar-refractivity contribution in [1.29, 1.82) is 0 Å². The van der Waals surface area contributed by atoms with E-state index < -0.39 is 5.91 Å². The SMILES string of the molecule is CCOc1cc(/C=N/NC(=O)c2nnn(-c3nonc3N)c2CN2CCC(C)CC2)ccc1OCc1ccccc1C. The summed E-state index contributed by atoms with van der Waals surface area (Å²) < 4.78 is 18.0. The van der Waals surface area contributed by atoms with Crippen LogP contribution >= 0.6 is 0 Å². The lowest BCUT2D eigenvalue weighted by Crippen LogP contribution is -2.34. The Kier molecular flexibility index (Phi) is 9.07. The molecule has 0 radical (unpaired) electrons. The molecule has 2 aromatic heterocycles. The van der Waals surface area contributed by atoms with Crippen molar-refractivity contribution < 1.29 is 18.9 Å². The zero-order valence-electron chi connectivity index (χ0n) is 24.0. The van der Waals surface area contributed by atoms with Gasteiger partial charge in [0, 0.05) is 6.54 Å². The molecule has 0 unspecified atom stereocenters. The van der Waals surface area contributed by atoms with Crippen molar-refractivity contribution in [2.45, 2.75) is 46.8 Å². The third-order valence-corrected chi connectivity index (χ3v) is 7.22. The summed E-state index contributed by atoms with van der Waals surface area (Å²) >= 11 is 0. The van der Waals surface area contributed by atoms with Gasteiger partial charge in [-0.1, -0.05) is 36.4 Å². The molecule has 0 bridgehead atoms. The molecule has 3 heterocycles. The quantitative estimate of drug-likeness (QED) is 0.201. The van der Waals surface area contributed by atoms with Crippen LogP contribution in [0.4, 0.5) is 5.82 Å². The Morgan fingerprint density at radius 1 is 1.17 bits per heavy atom. The summed E-state index contributed by atoms with van der Waals surface area (Å²) in [6.07, 6.45) is 3.67. The molecule has 220 valence electrons. The molecule has 1 saturated heterocycles. The van der Waals surface area contributed by atoms with Crippen LogP contribution in [0, 0.1) is 12.8 Å². The zero-order valence-corrected chi connectivity index (χ0v) is 24.0. The number of piperidine rings is 1. The van der Waals surface area contributed by atoms with E-state index >= 15 is 0 Å². The lowest BCUT2D eigenvalue weighted by Gasteiger charge is -2.30. The van der Waals surface area contributed by atoms with Crippen molar-refractivity contribution in [3.05, 3.63) is 70.5 Å². The summed E-state index contributed by atoms with van der Waals surface area (Å²) in [5, 5.41) is 19.9. The highest BCUT2D eigenvalue weighted by Gasteiger charge is 2.27. The Labute approximate surface area is 243 Å². The summed E-state index contributed by atoms with van der Waals surface area (Å²) in [7, 11) is 0. The van der Waals surface area contributed by atoms with Crippen molar-refractivity contribution in [3.63, 3.8) is 0 Å². The summed E-state index contributed by atoms with van der Waals surface area (Å²) in [5.74, 6) is 1.58. The van der Waals surface area contributed by atoms with Crippen LogP contribution in [-0.4, -0.2) is 62.0 Å². The Balaban J connectivity index is 1.30. The van der Waals surface area contributed by atoms with Gasteiger partial charge in [0.05, 0.1) is 18.5 Å². The summed E-state index contributed by atoms with van der Waals surface area (Å²) in [6, 6.07) is 13.5. The number of hydrogen-bond acceptors (Lipinski definition) is 11. The molecule has 1 amide bonds. The molecular weight excluding hydrogens is 538 g/mol. The molecule has 0 atom stereocenters. The van der Waals surface area contributed by atoms with Crippen molar-refractivity contribution >= 4 is 17.9 Å². The number of anilines is 1. The molecule has 13 heteroatoms. The molecule has 13 nitrogen and oxygen atoms in total. The second-order valence-electron chi connectivity index (χ2n) is 10.3. The highest BCUT2D eigenvalue weighted by atomic mass is 16.6. The number of hydrazone groups is 1. The van der Waals surface area contributed by atoms with Crippen LogP contribution in [0.25, 0.3) is 5.82 Å². The number of nitrogens with zero attached hydrogens (tertiary/aromatic N) is 7. The maximum Gasteiger partial charge on any atom is 0.293 e. The molecule has 2 aromatic carbocycles. The molecule has 0 aliphatic carbocycles. The van der Waals surface area contributed by atoms with Crippen LogP contribution in [0.2, 0.25) is 0 Å². The highest BCUT2D eigenvalue weighted by Crippen LogP contribution is 2.29. The minimum absolute atomic E-state index is 0.0508. The van der Waals surface area contributed by atoms with E-state index in [1.54, 1.807) is 0 Å². The summed E-state index contributed by atoms with van der Waals surface area (Å²) in [4.78, 5) is 15.4. The lowest BCUT2D eigenvalue weighted by molar-refractivity contribution is 0.0946. The number of likely N-dealkylation sites (tertiary alicyclic amines) is 1. The second kappa shape index (κ2) is 13.3. The molecule has 1 aliphatic heterocycles. The van der Waals surface area contributed by atoms with Crippen molar-refractivity contribution in [2.75, 3.05) is 25.4 Å². The standard InChI is InChI=1S/C29H35N9O4/c1-4-40-25-15-21(9-10-24(25)41-18-22-8-6-5-7-20(22)3)16-31-33-29(39)26-23(17-37-13-11-19(2)12-14-37)38(36-32-26)28-27(30)34-42-35-28/h5-10,15-16,19H,4,11-14,17-18H2,1-3H3,(H2,30,34)(H,33,39)/b31-16+. The largest absolute Gasteiger partial charge is 0.490 e. The monoisotopic (exact) mass is 573 g/mol. The van der Waals surface area contributed by atoms with E-state index in [-0.39, 0.29) is 17.3 Å². The molecule has 42 heavy (non-hydrogen) atoms. The van der Waals surface area contributed by atoms with Crippen molar-refractivity contribution in [2.24, 2.45) is 11.0 Å². The maximum absolute atomic E-state index is 13.2. The summed E-state index contributed by atoms with van der Waals surface area (Å²) in [5.41, 5.74) is 12.1. The Morgan fingerprint density at radius 3 is 2.71 bits per heavy atom. The number of carbonyl (C=O) groups excluding carboxylic acids is 1. The van der Waals surface area contributed by atoms with Gasteiger partial charge in [0.2, 0.25) is 11.6 Å². The Hall–Kier alpha value is -4.78.